The fraction of sp³-hybridized carbons (Fsp3) is 0.455. The maximum atomic E-state index is 11.5. The first-order chi connectivity index (χ1) is 8.13. The van der Waals surface area contributed by atoms with Gasteiger partial charge in [-0.3, -0.25) is 9.59 Å². The monoisotopic (exact) mass is 256 g/mol. The summed E-state index contributed by atoms with van der Waals surface area (Å²) in [5.41, 5.74) is 0.610. The van der Waals surface area contributed by atoms with E-state index < -0.39 is 0 Å². The van der Waals surface area contributed by atoms with Crippen molar-refractivity contribution in [1.82, 2.24) is 10.6 Å². The molecule has 0 spiro atoms. The minimum Gasteiger partial charge on any atom is -0.394 e. The van der Waals surface area contributed by atoms with Gasteiger partial charge in [-0.15, -0.1) is 0 Å². The third kappa shape index (κ3) is 4.97. The molecule has 0 saturated carbocycles. The van der Waals surface area contributed by atoms with Crippen LogP contribution in [0, 0.1) is 0 Å². The average molecular weight is 256 g/mol. The molecule has 1 atom stereocenters. The molecule has 1 aromatic heterocycles. The Morgan fingerprint density at radius 3 is 2.88 bits per heavy atom. The molecule has 1 aromatic rings. The molecule has 3 N–H and O–H groups in total. The van der Waals surface area contributed by atoms with Crippen LogP contribution in [0.5, 0.6) is 0 Å². The van der Waals surface area contributed by atoms with Gasteiger partial charge >= 0.3 is 0 Å². The van der Waals surface area contributed by atoms with E-state index in [0.29, 0.717) is 12.1 Å². The van der Waals surface area contributed by atoms with Gasteiger partial charge < -0.3 is 15.7 Å². The largest absolute Gasteiger partial charge is 0.394 e. The Morgan fingerprint density at radius 1 is 1.53 bits per heavy atom. The molecular weight excluding hydrogens is 240 g/mol. The molecule has 6 heteroatoms. The summed E-state index contributed by atoms with van der Waals surface area (Å²) >= 11 is 1.45. The molecule has 0 aromatic carbocycles. The number of rotatable bonds is 6. The summed E-state index contributed by atoms with van der Waals surface area (Å²) in [6, 6.07) is 1.48. The summed E-state index contributed by atoms with van der Waals surface area (Å²) in [6.07, 6.45) is 0.209. The number of hydrogen-bond acceptors (Lipinski definition) is 4. The van der Waals surface area contributed by atoms with Crippen LogP contribution in [0.25, 0.3) is 0 Å². The molecule has 0 unspecified atom stereocenters. The van der Waals surface area contributed by atoms with E-state index in [1.165, 1.54) is 11.3 Å². The Morgan fingerprint density at radius 2 is 2.29 bits per heavy atom. The molecule has 0 bridgehead atoms. The lowest BCUT2D eigenvalue weighted by Gasteiger charge is -2.10. The standard InChI is InChI=1S/C11H16N2O3S/c1-8(6-14)13-10(15)2-4-12-11(16)9-3-5-17-7-9/h3,5,7-8,14H,2,4,6H2,1H3,(H,12,16)(H,13,15)/t8-/m0/s1. The van der Waals surface area contributed by atoms with Crippen LogP contribution in [0.3, 0.4) is 0 Å². The number of thiophene rings is 1. The van der Waals surface area contributed by atoms with E-state index in [9.17, 15) is 9.59 Å². The van der Waals surface area contributed by atoms with Gasteiger partial charge in [0.2, 0.25) is 5.91 Å². The second-order valence-electron chi connectivity index (χ2n) is 3.67. The Labute approximate surface area is 104 Å². The van der Waals surface area contributed by atoms with Crippen molar-refractivity contribution in [2.75, 3.05) is 13.2 Å². The topological polar surface area (TPSA) is 78.4 Å². The first-order valence-electron chi connectivity index (χ1n) is 5.34. The van der Waals surface area contributed by atoms with Crippen molar-refractivity contribution in [3.8, 4) is 0 Å². The number of carbonyl (C=O) groups is 2. The molecule has 0 aliphatic heterocycles. The van der Waals surface area contributed by atoms with Gasteiger partial charge in [0.15, 0.2) is 0 Å². The number of hydrogen-bond donors (Lipinski definition) is 3. The van der Waals surface area contributed by atoms with Gasteiger partial charge in [0, 0.05) is 30.0 Å². The molecule has 0 aliphatic carbocycles. The molecule has 0 saturated heterocycles. The molecule has 17 heavy (non-hydrogen) atoms. The number of nitrogens with one attached hydrogen (secondary N) is 2. The highest BCUT2D eigenvalue weighted by atomic mass is 32.1. The van der Waals surface area contributed by atoms with Gasteiger partial charge in [0.1, 0.15) is 0 Å². The second-order valence-corrected chi connectivity index (χ2v) is 4.45. The van der Waals surface area contributed by atoms with Gasteiger partial charge in [-0.25, -0.2) is 0 Å². The molecule has 5 nitrogen and oxygen atoms in total. The molecule has 1 heterocycles. The SMILES string of the molecule is C[C@@H](CO)NC(=O)CCNC(=O)c1ccsc1. The third-order valence-corrected chi connectivity index (χ3v) is 2.79. The van der Waals surface area contributed by atoms with Crippen molar-refractivity contribution < 1.29 is 14.7 Å². The highest BCUT2D eigenvalue weighted by Gasteiger charge is 2.08. The van der Waals surface area contributed by atoms with Crippen LogP contribution in [-0.2, 0) is 4.79 Å². The van der Waals surface area contributed by atoms with Gasteiger partial charge in [0.25, 0.3) is 5.91 Å². The summed E-state index contributed by atoms with van der Waals surface area (Å²) in [7, 11) is 0. The minimum absolute atomic E-state index is 0.0903. The summed E-state index contributed by atoms with van der Waals surface area (Å²) in [6.45, 7) is 1.91. The Hall–Kier alpha value is -1.40. The molecule has 0 radical (unpaired) electrons. The molecule has 0 fully saturated rings. The van der Waals surface area contributed by atoms with Gasteiger partial charge in [-0.05, 0) is 18.4 Å². The second kappa shape index (κ2) is 7.03. The van der Waals surface area contributed by atoms with E-state index >= 15 is 0 Å². The van der Waals surface area contributed by atoms with Crippen molar-refractivity contribution in [2.45, 2.75) is 19.4 Å². The van der Waals surface area contributed by atoms with E-state index in [4.69, 9.17) is 5.11 Å². The Bertz CT molecular complexity index is 365. The van der Waals surface area contributed by atoms with E-state index in [1.54, 1.807) is 18.4 Å². The van der Waals surface area contributed by atoms with Gasteiger partial charge in [0.05, 0.1) is 6.61 Å². The molecule has 0 aliphatic rings. The lowest BCUT2D eigenvalue weighted by Crippen LogP contribution is -2.37. The van der Waals surface area contributed by atoms with Crippen molar-refractivity contribution in [1.29, 1.82) is 0 Å². The Kier molecular flexibility index (Phi) is 5.65. The van der Waals surface area contributed by atoms with Gasteiger partial charge in [-0.2, -0.15) is 11.3 Å². The average Bonchev–Trinajstić information content (AvgIpc) is 2.82. The molecule has 94 valence electrons. The smallest absolute Gasteiger partial charge is 0.252 e. The third-order valence-electron chi connectivity index (χ3n) is 2.10. The van der Waals surface area contributed by atoms with Crippen LogP contribution in [0.2, 0.25) is 0 Å². The zero-order valence-electron chi connectivity index (χ0n) is 9.60. The zero-order chi connectivity index (χ0) is 12.7. The zero-order valence-corrected chi connectivity index (χ0v) is 10.4. The highest BCUT2D eigenvalue weighted by Crippen LogP contribution is 2.04. The number of amides is 2. The summed E-state index contributed by atoms with van der Waals surface area (Å²) in [5.74, 6) is -0.355. The first-order valence-corrected chi connectivity index (χ1v) is 6.28. The van der Waals surface area contributed by atoms with E-state index in [-0.39, 0.29) is 30.9 Å². The van der Waals surface area contributed by atoms with Gasteiger partial charge in [-0.1, -0.05) is 0 Å². The van der Waals surface area contributed by atoms with Crippen molar-refractivity contribution in [3.05, 3.63) is 22.4 Å². The van der Waals surface area contributed by atoms with Crippen LogP contribution in [-0.4, -0.2) is 36.1 Å². The van der Waals surface area contributed by atoms with E-state index in [0.717, 1.165) is 0 Å². The summed E-state index contributed by atoms with van der Waals surface area (Å²) < 4.78 is 0. The quantitative estimate of drug-likeness (QED) is 0.688. The molecular formula is C11H16N2O3S. The van der Waals surface area contributed by atoms with E-state index in [2.05, 4.69) is 10.6 Å². The predicted molar refractivity (Wildman–Crippen MR) is 66.0 cm³/mol. The van der Waals surface area contributed by atoms with Crippen LogP contribution >= 0.6 is 11.3 Å². The molecule has 1 rings (SSSR count). The fourth-order valence-electron chi connectivity index (χ4n) is 1.18. The van der Waals surface area contributed by atoms with Crippen molar-refractivity contribution in [2.24, 2.45) is 0 Å². The minimum atomic E-state index is -0.255. The first kappa shape index (κ1) is 13.7. The highest BCUT2D eigenvalue weighted by molar-refractivity contribution is 7.08. The van der Waals surface area contributed by atoms with Crippen LogP contribution in [0.4, 0.5) is 0 Å². The maximum Gasteiger partial charge on any atom is 0.252 e. The molecule has 2 amide bonds. The Balaban J connectivity index is 2.20. The lowest BCUT2D eigenvalue weighted by molar-refractivity contribution is -0.121. The van der Waals surface area contributed by atoms with Crippen molar-refractivity contribution in [3.63, 3.8) is 0 Å². The maximum absolute atomic E-state index is 11.5. The van der Waals surface area contributed by atoms with E-state index in [1.807, 2.05) is 5.38 Å². The number of carbonyl (C=O) groups excluding carboxylic acids is 2. The van der Waals surface area contributed by atoms with Crippen molar-refractivity contribution >= 4 is 23.2 Å². The fourth-order valence-corrected chi connectivity index (χ4v) is 1.81. The van der Waals surface area contributed by atoms with Crippen LogP contribution < -0.4 is 10.6 Å². The summed E-state index contributed by atoms with van der Waals surface area (Å²) in [4.78, 5) is 22.8. The van der Waals surface area contributed by atoms with Crippen LogP contribution in [0.15, 0.2) is 16.8 Å². The number of aliphatic hydroxyl groups excluding tert-OH is 1. The predicted octanol–water partition coefficient (Wildman–Crippen LogP) is 0.365. The lowest BCUT2D eigenvalue weighted by atomic mass is 10.3. The van der Waals surface area contributed by atoms with Crippen LogP contribution in [0.1, 0.15) is 23.7 Å². The normalized spacial score (nSPS) is 11.9. The number of aliphatic hydroxyl groups is 1. The summed E-state index contributed by atoms with van der Waals surface area (Å²) in [5, 5.41) is 17.6.